The van der Waals surface area contributed by atoms with Crippen LogP contribution in [0, 0.1) is 0 Å². The summed E-state index contributed by atoms with van der Waals surface area (Å²) >= 11 is 9.30. The van der Waals surface area contributed by atoms with Crippen molar-refractivity contribution in [1.29, 1.82) is 0 Å². The smallest absolute Gasteiger partial charge is 0.224 e. The predicted molar refractivity (Wildman–Crippen MR) is 80.6 cm³/mol. The van der Waals surface area contributed by atoms with Gasteiger partial charge in [0.05, 0.1) is 11.1 Å². The Kier molecular flexibility index (Phi) is 5.67. The van der Waals surface area contributed by atoms with Crippen molar-refractivity contribution >= 4 is 39.1 Å². The normalized spacial score (nSPS) is 19.2. The number of hydrogen-bond donors (Lipinski definition) is 1. The van der Waals surface area contributed by atoms with Gasteiger partial charge in [-0.15, -0.1) is 0 Å². The Morgan fingerprint density at radius 3 is 3.00 bits per heavy atom. The molecule has 1 unspecified atom stereocenters. The van der Waals surface area contributed by atoms with Crippen molar-refractivity contribution in [3.63, 3.8) is 0 Å². The van der Waals surface area contributed by atoms with E-state index in [9.17, 15) is 4.79 Å². The van der Waals surface area contributed by atoms with Gasteiger partial charge in [-0.25, -0.2) is 0 Å². The van der Waals surface area contributed by atoms with Gasteiger partial charge in [0.15, 0.2) is 0 Å². The van der Waals surface area contributed by atoms with E-state index >= 15 is 0 Å². The Morgan fingerprint density at radius 2 is 2.32 bits per heavy atom. The van der Waals surface area contributed by atoms with Crippen molar-refractivity contribution in [3.05, 3.63) is 27.7 Å². The predicted octanol–water partition coefficient (Wildman–Crippen LogP) is 4.39. The van der Waals surface area contributed by atoms with Gasteiger partial charge in [0, 0.05) is 23.2 Å². The van der Waals surface area contributed by atoms with Gasteiger partial charge in [-0.3, -0.25) is 4.79 Å². The van der Waals surface area contributed by atoms with Crippen molar-refractivity contribution in [2.75, 3.05) is 11.9 Å². The second-order valence-electron chi connectivity index (χ2n) is 4.70. The molecule has 1 aromatic carbocycles. The number of anilines is 1. The third-order valence-electron chi connectivity index (χ3n) is 3.17. The van der Waals surface area contributed by atoms with Crippen molar-refractivity contribution in [3.8, 4) is 0 Å². The van der Waals surface area contributed by atoms with Crippen LogP contribution >= 0.6 is 27.5 Å². The summed E-state index contributed by atoms with van der Waals surface area (Å²) in [6.07, 6.45) is 4.92. The number of amides is 1. The summed E-state index contributed by atoms with van der Waals surface area (Å²) in [5.41, 5.74) is 0.725. The van der Waals surface area contributed by atoms with Crippen molar-refractivity contribution < 1.29 is 9.53 Å². The highest BCUT2D eigenvalue weighted by molar-refractivity contribution is 9.10. The number of rotatable bonds is 4. The zero-order valence-electron chi connectivity index (χ0n) is 10.6. The monoisotopic (exact) mass is 345 g/mol. The lowest BCUT2D eigenvalue weighted by atomic mass is 10.0. The summed E-state index contributed by atoms with van der Waals surface area (Å²) in [5.74, 6) is 0.00700. The van der Waals surface area contributed by atoms with Gasteiger partial charge in [0.25, 0.3) is 0 Å². The fourth-order valence-electron chi connectivity index (χ4n) is 2.12. The van der Waals surface area contributed by atoms with E-state index in [2.05, 4.69) is 21.2 Å². The fraction of sp³-hybridized carbons (Fsp3) is 0.500. The first kappa shape index (κ1) is 14.8. The van der Waals surface area contributed by atoms with Gasteiger partial charge in [-0.1, -0.05) is 11.6 Å². The Hall–Kier alpha value is -0.580. The van der Waals surface area contributed by atoms with Gasteiger partial charge in [0.1, 0.15) is 0 Å². The molecule has 1 saturated heterocycles. The van der Waals surface area contributed by atoms with Crippen LogP contribution < -0.4 is 5.32 Å². The average molecular weight is 347 g/mol. The van der Waals surface area contributed by atoms with Crippen LogP contribution in [-0.4, -0.2) is 18.6 Å². The third kappa shape index (κ3) is 4.79. The van der Waals surface area contributed by atoms with E-state index in [1.165, 1.54) is 6.42 Å². The lowest BCUT2D eigenvalue weighted by Gasteiger charge is -2.22. The zero-order chi connectivity index (χ0) is 13.7. The molecule has 0 aromatic heterocycles. The first-order chi connectivity index (χ1) is 9.15. The van der Waals surface area contributed by atoms with Crippen molar-refractivity contribution in [2.24, 2.45) is 0 Å². The lowest BCUT2D eigenvalue weighted by molar-refractivity contribution is -0.117. The number of carbonyl (C=O) groups is 1. The minimum absolute atomic E-state index is 0.00700. The number of benzene rings is 1. The van der Waals surface area contributed by atoms with Crippen LogP contribution in [0.25, 0.3) is 0 Å². The van der Waals surface area contributed by atoms with Crippen LogP contribution in [-0.2, 0) is 9.53 Å². The van der Waals surface area contributed by atoms with Crippen molar-refractivity contribution in [2.45, 2.75) is 38.2 Å². The quantitative estimate of drug-likeness (QED) is 0.878. The molecule has 3 nitrogen and oxygen atoms in total. The van der Waals surface area contributed by atoms with Gasteiger partial charge < -0.3 is 10.1 Å². The standard InChI is InChI=1S/C14H17BrClNO2/c15-12-6-4-10(9-13(12)16)17-14(18)7-5-11-3-1-2-8-19-11/h4,6,9,11H,1-3,5,7-8H2,(H,17,18). The van der Waals surface area contributed by atoms with Crippen LogP contribution in [0.1, 0.15) is 32.1 Å². The average Bonchev–Trinajstić information content (AvgIpc) is 2.42. The Morgan fingerprint density at radius 1 is 1.47 bits per heavy atom. The maximum absolute atomic E-state index is 11.8. The first-order valence-corrected chi connectivity index (χ1v) is 7.69. The van der Waals surface area contributed by atoms with E-state index in [0.29, 0.717) is 11.4 Å². The molecule has 0 spiro atoms. The lowest BCUT2D eigenvalue weighted by Crippen LogP contribution is -2.21. The van der Waals surface area contributed by atoms with E-state index in [0.717, 1.165) is 36.0 Å². The summed E-state index contributed by atoms with van der Waals surface area (Å²) < 4.78 is 6.43. The number of nitrogens with one attached hydrogen (secondary N) is 1. The fourth-order valence-corrected chi connectivity index (χ4v) is 2.55. The molecule has 0 aliphatic carbocycles. The molecule has 19 heavy (non-hydrogen) atoms. The molecule has 1 heterocycles. The Bertz CT molecular complexity index is 447. The second-order valence-corrected chi connectivity index (χ2v) is 5.97. The maximum atomic E-state index is 11.8. The van der Waals surface area contributed by atoms with Gasteiger partial charge >= 0.3 is 0 Å². The van der Waals surface area contributed by atoms with E-state index < -0.39 is 0 Å². The minimum atomic E-state index is 0.00700. The highest BCUT2D eigenvalue weighted by Gasteiger charge is 2.15. The Balaban J connectivity index is 1.78. The molecule has 1 N–H and O–H groups in total. The van der Waals surface area contributed by atoms with Crippen LogP contribution in [0.2, 0.25) is 5.02 Å². The molecule has 1 aliphatic heterocycles. The van der Waals surface area contributed by atoms with E-state index in [1.807, 2.05) is 12.1 Å². The van der Waals surface area contributed by atoms with Gasteiger partial charge in [-0.05, 0) is 59.8 Å². The number of halogens is 2. The summed E-state index contributed by atoms with van der Waals surface area (Å²) in [6, 6.07) is 5.38. The molecule has 2 rings (SSSR count). The molecule has 1 atom stereocenters. The van der Waals surface area contributed by atoms with E-state index in [1.54, 1.807) is 6.07 Å². The molecule has 0 radical (unpaired) electrons. The second kappa shape index (κ2) is 7.27. The molecule has 1 amide bonds. The largest absolute Gasteiger partial charge is 0.378 e. The molecular formula is C14H17BrClNO2. The highest BCUT2D eigenvalue weighted by Crippen LogP contribution is 2.25. The first-order valence-electron chi connectivity index (χ1n) is 6.51. The third-order valence-corrected chi connectivity index (χ3v) is 4.40. The molecule has 0 saturated carbocycles. The van der Waals surface area contributed by atoms with Crippen LogP contribution in [0.5, 0.6) is 0 Å². The molecule has 1 aliphatic rings. The molecule has 1 fully saturated rings. The minimum Gasteiger partial charge on any atom is -0.378 e. The van der Waals surface area contributed by atoms with Crippen LogP contribution in [0.4, 0.5) is 5.69 Å². The SMILES string of the molecule is O=C(CCC1CCCCO1)Nc1ccc(Br)c(Cl)c1. The van der Waals surface area contributed by atoms with Crippen LogP contribution in [0.3, 0.4) is 0 Å². The highest BCUT2D eigenvalue weighted by atomic mass is 79.9. The Labute approximate surface area is 126 Å². The maximum Gasteiger partial charge on any atom is 0.224 e. The van der Waals surface area contributed by atoms with Crippen molar-refractivity contribution in [1.82, 2.24) is 0 Å². The van der Waals surface area contributed by atoms with E-state index in [4.69, 9.17) is 16.3 Å². The molecule has 0 bridgehead atoms. The van der Waals surface area contributed by atoms with E-state index in [-0.39, 0.29) is 12.0 Å². The number of ether oxygens (including phenoxy) is 1. The summed E-state index contributed by atoms with van der Waals surface area (Å²) in [6.45, 7) is 0.828. The molecule has 5 heteroatoms. The molecule has 104 valence electrons. The molecular weight excluding hydrogens is 330 g/mol. The zero-order valence-corrected chi connectivity index (χ0v) is 13.0. The summed E-state index contributed by atoms with van der Waals surface area (Å²) in [4.78, 5) is 11.8. The molecule has 1 aromatic rings. The summed E-state index contributed by atoms with van der Waals surface area (Å²) in [7, 11) is 0. The van der Waals surface area contributed by atoms with Crippen LogP contribution in [0.15, 0.2) is 22.7 Å². The van der Waals surface area contributed by atoms with Gasteiger partial charge in [0.2, 0.25) is 5.91 Å². The number of carbonyl (C=O) groups excluding carboxylic acids is 1. The summed E-state index contributed by atoms with van der Waals surface area (Å²) in [5, 5.41) is 3.44. The van der Waals surface area contributed by atoms with Gasteiger partial charge in [-0.2, -0.15) is 0 Å². The number of hydrogen-bond acceptors (Lipinski definition) is 2. The topological polar surface area (TPSA) is 38.3 Å².